The van der Waals surface area contributed by atoms with Gasteiger partial charge in [0.15, 0.2) is 9.84 Å². The van der Waals surface area contributed by atoms with E-state index in [1.54, 1.807) is 24.3 Å². The van der Waals surface area contributed by atoms with Gasteiger partial charge in [-0.05, 0) is 43.3 Å². The van der Waals surface area contributed by atoms with Crippen LogP contribution in [-0.4, -0.2) is 29.2 Å². The molecule has 0 saturated carbocycles. The molecule has 5 nitrogen and oxygen atoms in total. The van der Waals surface area contributed by atoms with Crippen LogP contribution in [0.25, 0.3) is 0 Å². The third-order valence-electron chi connectivity index (χ3n) is 3.11. The van der Waals surface area contributed by atoms with E-state index >= 15 is 0 Å². The van der Waals surface area contributed by atoms with Crippen molar-refractivity contribution in [3.63, 3.8) is 0 Å². The second-order valence-electron chi connectivity index (χ2n) is 4.89. The van der Waals surface area contributed by atoms with Gasteiger partial charge in [-0.25, -0.2) is 16.8 Å². The molecule has 0 radical (unpaired) electrons. The normalized spacial score (nSPS) is 12.1. The molecule has 8 heteroatoms. The molecule has 0 fully saturated rings. The van der Waals surface area contributed by atoms with Crippen molar-refractivity contribution in [3.8, 4) is 5.75 Å². The Morgan fingerprint density at radius 3 is 1.91 bits per heavy atom. The minimum atomic E-state index is -3.78. The number of ether oxygens (including phenoxy) is 1. The van der Waals surface area contributed by atoms with Crippen LogP contribution in [0.3, 0.4) is 0 Å². The topological polar surface area (TPSA) is 77.5 Å². The van der Waals surface area contributed by atoms with Gasteiger partial charge in [-0.1, -0.05) is 17.7 Å². The highest BCUT2D eigenvalue weighted by Crippen LogP contribution is 2.19. The summed E-state index contributed by atoms with van der Waals surface area (Å²) in [6.07, 6.45) is 0. The molecule has 124 valence electrons. The molecule has 2 rings (SSSR count). The van der Waals surface area contributed by atoms with Crippen LogP contribution in [0.1, 0.15) is 5.56 Å². The minimum absolute atomic E-state index is 0.0385. The van der Waals surface area contributed by atoms with E-state index in [-0.39, 0.29) is 22.2 Å². The zero-order valence-corrected chi connectivity index (χ0v) is 14.7. The Kier molecular flexibility index (Phi) is 5.33. The molecule has 23 heavy (non-hydrogen) atoms. The van der Waals surface area contributed by atoms with Gasteiger partial charge >= 0.3 is 0 Å². The molecular weight excluding hydrogens is 360 g/mol. The zero-order chi connectivity index (χ0) is 17.1. The Bertz CT molecular complexity index is 870. The quantitative estimate of drug-likeness (QED) is 0.726. The Morgan fingerprint density at radius 2 is 1.39 bits per heavy atom. The molecule has 0 aliphatic heterocycles. The molecule has 0 aliphatic rings. The highest BCUT2D eigenvalue weighted by atomic mass is 35.7. The van der Waals surface area contributed by atoms with Crippen molar-refractivity contribution in [1.82, 2.24) is 0 Å². The molecule has 2 aromatic rings. The number of rotatable bonds is 6. The Balaban J connectivity index is 1.98. The maximum absolute atomic E-state index is 12.1. The first-order valence-electron chi connectivity index (χ1n) is 6.65. The average Bonchev–Trinajstić information content (AvgIpc) is 2.47. The predicted octanol–water partition coefficient (Wildman–Crippen LogP) is 2.78. The predicted molar refractivity (Wildman–Crippen MR) is 88.2 cm³/mol. The molecule has 0 saturated heterocycles. The van der Waals surface area contributed by atoms with Crippen molar-refractivity contribution in [2.24, 2.45) is 0 Å². The first-order chi connectivity index (χ1) is 10.7. The van der Waals surface area contributed by atoms with Gasteiger partial charge in [-0.15, -0.1) is 0 Å². The smallest absolute Gasteiger partial charge is 0.261 e. The average molecular weight is 375 g/mol. The lowest BCUT2D eigenvalue weighted by atomic mass is 10.2. The summed E-state index contributed by atoms with van der Waals surface area (Å²) in [5.41, 5.74) is 0.981. The lowest BCUT2D eigenvalue weighted by molar-refractivity contribution is 0.340. The first kappa shape index (κ1) is 17.8. The zero-order valence-electron chi connectivity index (χ0n) is 12.3. The molecule has 0 N–H and O–H groups in total. The van der Waals surface area contributed by atoms with Crippen molar-refractivity contribution < 1.29 is 21.6 Å². The van der Waals surface area contributed by atoms with E-state index in [4.69, 9.17) is 15.4 Å². The van der Waals surface area contributed by atoms with Crippen LogP contribution in [0.4, 0.5) is 0 Å². The third-order valence-corrected chi connectivity index (χ3v) is 6.17. The summed E-state index contributed by atoms with van der Waals surface area (Å²) in [5, 5.41) is 0. The van der Waals surface area contributed by atoms with Crippen molar-refractivity contribution >= 4 is 29.6 Å². The second kappa shape index (κ2) is 6.90. The van der Waals surface area contributed by atoms with Crippen molar-refractivity contribution in [2.45, 2.75) is 16.7 Å². The van der Waals surface area contributed by atoms with Crippen LogP contribution in [0, 0.1) is 6.92 Å². The monoisotopic (exact) mass is 374 g/mol. The Morgan fingerprint density at radius 1 is 0.870 bits per heavy atom. The van der Waals surface area contributed by atoms with Gasteiger partial charge in [-0.3, -0.25) is 0 Å². The molecule has 0 heterocycles. The van der Waals surface area contributed by atoms with E-state index in [0.29, 0.717) is 5.75 Å². The van der Waals surface area contributed by atoms with E-state index in [2.05, 4.69) is 0 Å². The fourth-order valence-corrected chi connectivity index (χ4v) is 3.69. The van der Waals surface area contributed by atoms with Gasteiger partial charge in [0, 0.05) is 10.7 Å². The van der Waals surface area contributed by atoms with Crippen LogP contribution in [0.5, 0.6) is 5.75 Å². The van der Waals surface area contributed by atoms with Gasteiger partial charge in [0.2, 0.25) is 0 Å². The van der Waals surface area contributed by atoms with Crippen LogP contribution in [-0.2, 0) is 18.9 Å². The number of hydrogen-bond acceptors (Lipinski definition) is 5. The van der Waals surface area contributed by atoms with Crippen LogP contribution < -0.4 is 4.74 Å². The molecule has 2 aromatic carbocycles. The molecular formula is C15H15ClO5S2. The fourth-order valence-electron chi connectivity index (χ4n) is 1.83. The van der Waals surface area contributed by atoms with Gasteiger partial charge in [-0.2, -0.15) is 0 Å². The molecule has 0 spiro atoms. The van der Waals surface area contributed by atoms with E-state index in [0.717, 1.165) is 5.56 Å². The van der Waals surface area contributed by atoms with Crippen molar-refractivity contribution in [1.29, 1.82) is 0 Å². The summed E-state index contributed by atoms with van der Waals surface area (Å²) in [7, 11) is -2.00. The molecule has 0 bridgehead atoms. The largest absolute Gasteiger partial charge is 0.493 e. The first-order valence-corrected chi connectivity index (χ1v) is 10.6. The van der Waals surface area contributed by atoms with Crippen LogP contribution in [0.2, 0.25) is 0 Å². The minimum Gasteiger partial charge on any atom is -0.493 e. The highest BCUT2D eigenvalue weighted by Gasteiger charge is 2.14. The third kappa shape index (κ3) is 4.95. The standard InChI is InChI=1S/C15H15ClO5S2/c1-12-2-6-14(7-3-12)22(17,18)11-10-21-13-4-8-15(9-5-13)23(16,19)20/h2-9H,10-11H2,1H3. The molecule has 0 unspecified atom stereocenters. The van der Waals surface area contributed by atoms with E-state index in [9.17, 15) is 16.8 Å². The summed E-state index contributed by atoms with van der Waals surface area (Å²) in [5.74, 6) is 0.194. The van der Waals surface area contributed by atoms with E-state index < -0.39 is 18.9 Å². The fraction of sp³-hybridized carbons (Fsp3) is 0.200. The summed E-state index contributed by atoms with van der Waals surface area (Å²) in [6.45, 7) is 1.84. The highest BCUT2D eigenvalue weighted by molar-refractivity contribution is 8.13. The van der Waals surface area contributed by atoms with E-state index in [1.165, 1.54) is 24.3 Å². The van der Waals surface area contributed by atoms with E-state index in [1.807, 2.05) is 6.92 Å². The van der Waals surface area contributed by atoms with Gasteiger partial charge in [0.25, 0.3) is 9.05 Å². The summed E-state index contributed by atoms with van der Waals surface area (Å²) in [6, 6.07) is 12.0. The Hall–Kier alpha value is -1.57. The SMILES string of the molecule is Cc1ccc(S(=O)(=O)CCOc2ccc(S(=O)(=O)Cl)cc2)cc1. The Labute approximate surface area is 140 Å². The molecule has 0 amide bonds. The maximum Gasteiger partial charge on any atom is 0.261 e. The molecule has 0 aromatic heterocycles. The maximum atomic E-state index is 12.1. The summed E-state index contributed by atoms with van der Waals surface area (Å²) in [4.78, 5) is 0.203. The molecule has 0 aliphatic carbocycles. The number of benzene rings is 2. The van der Waals surface area contributed by atoms with Crippen molar-refractivity contribution in [3.05, 3.63) is 54.1 Å². The lowest BCUT2D eigenvalue weighted by Gasteiger charge is -2.08. The molecule has 0 atom stereocenters. The summed E-state index contributed by atoms with van der Waals surface area (Å²) < 4.78 is 51.9. The van der Waals surface area contributed by atoms with Crippen LogP contribution in [0.15, 0.2) is 58.3 Å². The number of hydrogen-bond donors (Lipinski definition) is 0. The van der Waals surface area contributed by atoms with Gasteiger partial charge < -0.3 is 4.74 Å². The van der Waals surface area contributed by atoms with Crippen LogP contribution >= 0.6 is 10.7 Å². The number of aryl methyl sites for hydroxylation is 1. The van der Waals surface area contributed by atoms with Gasteiger partial charge in [0.1, 0.15) is 12.4 Å². The number of halogens is 1. The van der Waals surface area contributed by atoms with Crippen molar-refractivity contribution in [2.75, 3.05) is 12.4 Å². The van der Waals surface area contributed by atoms with Gasteiger partial charge in [0.05, 0.1) is 15.5 Å². The summed E-state index contributed by atoms with van der Waals surface area (Å²) >= 11 is 0. The second-order valence-corrected chi connectivity index (χ2v) is 9.56. The number of sulfone groups is 1. The lowest BCUT2D eigenvalue weighted by Crippen LogP contribution is -2.14.